The fourth-order valence-corrected chi connectivity index (χ4v) is 3.59. The van der Waals surface area contributed by atoms with E-state index in [4.69, 9.17) is 4.74 Å². The molecule has 2 heterocycles. The van der Waals surface area contributed by atoms with Gasteiger partial charge in [-0.2, -0.15) is 0 Å². The molecule has 0 saturated carbocycles. The number of nitrogens with zero attached hydrogens (tertiary/aromatic N) is 1. The Labute approximate surface area is 148 Å². The first-order chi connectivity index (χ1) is 11.9. The van der Waals surface area contributed by atoms with Crippen LogP contribution >= 0.6 is 0 Å². The van der Waals surface area contributed by atoms with Crippen molar-refractivity contribution in [1.82, 2.24) is 9.88 Å². The van der Waals surface area contributed by atoms with E-state index in [2.05, 4.69) is 19.2 Å². The van der Waals surface area contributed by atoms with Crippen molar-refractivity contribution in [2.45, 2.75) is 58.2 Å². The molecule has 1 fully saturated rings. The molecule has 1 atom stereocenters. The van der Waals surface area contributed by atoms with E-state index in [0.29, 0.717) is 25.1 Å². The highest BCUT2D eigenvalue weighted by molar-refractivity contribution is 6.06. The Morgan fingerprint density at radius 2 is 2.08 bits per heavy atom. The average molecular weight is 342 g/mol. The summed E-state index contributed by atoms with van der Waals surface area (Å²) in [6.45, 7) is 6.93. The summed E-state index contributed by atoms with van der Waals surface area (Å²) in [6, 6.07) is 7.99. The van der Waals surface area contributed by atoms with Gasteiger partial charge >= 0.3 is 0 Å². The van der Waals surface area contributed by atoms with Gasteiger partial charge in [0.05, 0.1) is 5.60 Å². The fourth-order valence-electron chi connectivity index (χ4n) is 3.59. The number of ketones is 1. The number of hydrogen-bond acceptors (Lipinski definition) is 3. The van der Waals surface area contributed by atoms with Gasteiger partial charge in [0.25, 0.3) is 0 Å². The molecule has 25 heavy (non-hydrogen) atoms. The van der Waals surface area contributed by atoms with Gasteiger partial charge in [0.15, 0.2) is 5.78 Å². The van der Waals surface area contributed by atoms with Crippen molar-refractivity contribution in [3.8, 4) is 0 Å². The molecule has 2 aromatic rings. The SMILES string of the molecule is CC(=O)c1cn(CCC(=O)N[C@@H]2CCOC(C)(C)C2)c2ccccc12. The minimum absolute atomic E-state index is 0.0452. The van der Waals surface area contributed by atoms with E-state index in [9.17, 15) is 9.59 Å². The second-order valence-electron chi connectivity index (χ2n) is 7.42. The van der Waals surface area contributed by atoms with E-state index < -0.39 is 0 Å². The number of carbonyl (C=O) groups is 2. The number of benzene rings is 1. The van der Waals surface area contributed by atoms with Gasteiger partial charge in [0.2, 0.25) is 5.91 Å². The molecule has 1 aromatic heterocycles. The Morgan fingerprint density at radius 3 is 2.80 bits per heavy atom. The smallest absolute Gasteiger partial charge is 0.222 e. The summed E-state index contributed by atoms with van der Waals surface area (Å²) in [5, 5.41) is 4.07. The number of aromatic nitrogens is 1. The van der Waals surface area contributed by atoms with Gasteiger partial charge in [0, 0.05) is 48.3 Å². The van der Waals surface area contributed by atoms with Crippen molar-refractivity contribution in [2.75, 3.05) is 6.61 Å². The maximum absolute atomic E-state index is 12.3. The third-order valence-corrected chi connectivity index (χ3v) is 4.81. The third-order valence-electron chi connectivity index (χ3n) is 4.81. The van der Waals surface area contributed by atoms with Crippen molar-refractivity contribution in [1.29, 1.82) is 0 Å². The molecule has 1 N–H and O–H groups in total. The van der Waals surface area contributed by atoms with E-state index in [1.54, 1.807) is 6.92 Å². The van der Waals surface area contributed by atoms with Crippen molar-refractivity contribution in [2.24, 2.45) is 0 Å². The lowest BCUT2D eigenvalue weighted by molar-refractivity contribution is -0.124. The normalized spacial score (nSPS) is 19.7. The van der Waals surface area contributed by atoms with Gasteiger partial charge in [-0.25, -0.2) is 0 Å². The third kappa shape index (κ3) is 4.10. The number of para-hydroxylation sites is 1. The molecule has 134 valence electrons. The number of fused-ring (bicyclic) bond motifs is 1. The van der Waals surface area contributed by atoms with Gasteiger partial charge in [-0.05, 0) is 39.7 Å². The van der Waals surface area contributed by atoms with Gasteiger partial charge in [0.1, 0.15) is 0 Å². The Hall–Kier alpha value is -2.14. The average Bonchev–Trinajstić information content (AvgIpc) is 2.91. The first kappa shape index (κ1) is 17.7. The van der Waals surface area contributed by atoms with Crippen LogP contribution in [0.15, 0.2) is 30.5 Å². The predicted octanol–water partition coefficient (Wildman–Crippen LogP) is 3.31. The molecule has 0 unspecified atom stereocenters. The molecule has 1 aromatic carbocycles. The van der Waals surface area contributed by atoms with Gasteiger partial charge in [-0.15, -0.1) is 0 Å². The maximum Gasteiger partial charge on any atom is 0.222 e. The maximum atomic E-state index is 12.3. The van der Waals surface area contributed by atoms with Gasteiger partial charge in [-0.3, -0.25) is 9.59 Å². The van der Waals surface area contributed by atoms with Crippen molar-refractivity contribution >= 4 is 22.6 Å². The van der Waals surface area contributed by atoms with Crippen LogP contribution in [0, 0.1) is 0 Å². The first-order valence-electron chi connectivity index (χ1n) is 8.88. The van der Waals surface area contributed by atoms with Gasteiger partial charge < -0.3 is 14.6 Å². The van der Waals surface area contributed by atoms with Crippen molar-refractivity contribution in [3.05, 3.63) is 36.0 Å². The van der Waals surface area contributed by atoms with Crippen LogP contribution in [0.4, 0.5) is 0 Å². The van der Waals surface area contributed by atoms with Crippen LogP contribution in [0.25, 0.3) is 10.9 Å². The van der Waals surface area contributed by atoms with Crippen LogP contribution in [0.3, 0.4) is 0 Å². The number of aryl methyl sites for hydroxylation is 1. The molecular formula is C20H26N2O3. The van der Waals surface area contributed by atoms with E-state index in [1.807, 2.05) is 35.0 Å². The zero-order valence-electron chi connectivity index (χ0n) is 15.2. The summed E-state index contributed by atoms with van der Waals surface area (Å²) in [5.74, 6) is 0.0914. The molecule has 0 spiro atoms. The highest BCUT2D eigenvalue weighted by atomic mass is 16.5. The highest BCUT2D eigenvalue weighted by Crippen LogP contribution is 2.24. The lowest BCUT2D eigenvalue weighted by atomic mass is 9.94. The largest absolute Gasteiger partial charge is 0.375 e. The topological polar surface area (TPSA) is 60.3 Å². The molecule has 1 saturated heterocycles. The number of carbonyl (C=O) groups excluding carboxylic acids is 2. The number of Topliss-reactive ketones (excluding diaryl/α,β-unsaturated/α-hetero) is 1. The van der Waals surface area contributed by atoms with Crippen LogP contribution < -0.4 is 5.32 Å². The van der Waals surface area contributed by atoms with Crippen molar-refractivity contribution < 1.29 is 14.3 Å². The van der Waals surface area contributed by atoms with E-state index in [-0.39, 0.29) is 23.3 Å². The Balaban J connectivity index is 1.64. The molecule has 3 rings (SSSR count). The summed E-state index contributed by atoms with van der Waals surface area (Å²) in [5.41, 5.74) is 1.53. The van der Waals surface area contributed by atoms with Crippen LogP contribution in [-0.2, 0) is 16.1 Å². The zero-order chi connectivity index (χ0) is 18.0. The predicted molar refractivity (Wildman–Crippen MR) is 97.8 cm³/mol. The Bertz CT molecular complexity index is 791. The summed E-state index contributed by atoms with van der Waals surface area (Å²) in [6.07, 6.45) is 3.95. The van der Waals surface area contributed by atoms with Crippen LogP contribution in [-0.4, -0.2) is 34.5 Å². The number of nitrogens with one attached hydrogen (secondary N) is 1. The molecule has 5 heteroatoms. The number of rotatable bonds is 5. The first-order valence-corrected chi connectivity index (χ1v) is 8.88. The van der Waals surface area contributed by atoms with E-state index >= 15 is 0 Å². The molecule has 0 bridgehead atoms. The standard InChI is InChI=1S/C20H26N2O3/c1-14(23)17-13-22(18-7-5-4-6-16(17)18)10-8-19(24)21-15-9-11-25-20(2,3)12-15/h4-7,13,15H,8-12H2,1-3H3,(H,21,24)/t15-/m1/s1. The second-order valence-corrected chi connectivity index (χ2v) is 7.42. The van der Waals surface area contributed by atoms with E-state index in [1.165, 1.54) is 0 Å². The molecule has 0 radical (unpaired) electrons. The summed E-state index contributed by atoms with van der Waals surface area (Å²) in [7, 11) is 0. The lowest BCUT2D eigenvalue weighted by Crippen LogP contribution is -2.45. The molecule has 5 nitrogen and oxygen atoms in total. The minimum atomic E-state index is -0.177. The quantitative estimate of drug-likeness (QED) is 0.848. The number of amides is 1. The van der Waals surface area contributed by atoms with Crippen LogP contribution in [0.5, 0.6) is 0 Å². The molecular weight excluding hydrogens is 316 g/mol. The molecule has 1 aliphatic rings. The summed E-state index contributed by atoms with van der Waals surface area (Å²) >= 11 is 0. The number of ether oxygens (including phenoxy) is 1. The van der Waals surface area contributed by atoms with Gasteiger partial charge in [-0.1, -0.05) is 18.2 Å². The molecule has 0 aliphatic carbocycles. The molecule has 1 amide bonds. The summed E-state index contributed by atoms with van der Waals surface area (Å²) < 4.78 is 7.69. The molecule has 1 aliphatic heterocycles. The van der Waals surface area contributed by atoms with Crippen molar-refractivity contribution in [3.63, 3.8) is 0 Å². The second kappa shape index (κ2) is 7.00. The minimum Gasteiger partial charge on any atom is -0.375 e. The highest BCUT2D eigenvalue weighted by Gasteiger charge is 2.29. The van der Waals surface area contributed by atoms with E-state index in [0.717, 1.165) is 23.7 Å². The monoisotopic (exact) mass is 342 g/mol. The zero-order valence-corrected chi connectivity index (χ0v) is 15.2. The Morgan fingerprint density at radius 1 is 1.32 bits per heavy atom. The lowest BCUT2D eigenvalue weighted by Gasteiger charge is -2.35. The van der Waals surface area contributed by atoms with Crippen LogP contribution in [0.1, 0.15) is 50.4 Å². The summed E-state index contributed by atoms with van der Waals surface area (Å²) in [4.78, 5) is 24.2. The number of hydrogen-bond donors (Lipinski definition) is 1. The Kier molecular flexibility index (Phi) is 4.95. The van der Waals surface area contributed by atoms with Crippen LogP contribution in [0.2, 0.25) is 0 Å². The fraction of sp³-hybridized carbons (Fsp3) is 0.500.